The molecule has 21 heavy (non-hydrogen) atoms. The molecule has 0 bridgehead atoms. The van der Waals surface area contributed by atoms with Gasteiger partial charge < -0.3 is 4.74 Å². The molecular formula is C15H11Cl3N2O. The molecular weight excluding hydrogens is 331 g/mol. The van der Waals surface area contributed by atoms with Gasteiger partial charge in [0, 0.05) is 5.02 Å². The number of nitrogens with zero attached hydrogens (tertiary/aromatic N) is 2. The maximum absolute atomic E-state index is 6.34. The zero-order valence-corrected chi connectivity index (χ0v) is 13.4. The molecule has 0 amide bonds. The molecule has 1 heterocycles. The molecule has 0 aliphatic heterocycles. The van der Waals surface area contributed by atoms with Crippen LogP contribution in [-0.4, -0.2) is 16.7 Å². The molecule has 0 atom stereocenters. The molecule has 0 spiro atoms. The molecule has 3 rings (SSSR count). The Hall–Kier alpha value is -1.42. The quantitative estimate of drug-likeness (QED) is 0.621. The van der Waals surface area contributed by atoms with E-state index in [1.807, 2.05) is 22.8 Å². The third-order valence-electron chi connectivity index (χ3n) is 3.20. The van der Waals surface area contributed by atoms with Gasteiger partial charge in [0.1, 0.15) is 11.6 Å². The van der Waals surface area contributed by atoms with E-state index in [2.05, 4.69) is 4.98 Å². The van der Waals surface area contributed by atoms with Gasteiger partial charge in [-0.2, -0.15) is 0 Å². The van der Waals surface area contributed by atoms with E-state index in [0.717, 1.165) is 16.7 Å². The highest BCUT2D eigenvalue weighted by atomic mass is 35.5. The highest BCUT2D eigenvalue weighted by molar-refractivity contribution is 6.35. The van der Waals surface area contributed by atoms with Gasteiger partial charge >= 0.3 is 0 Å². The lowest BCUT2D eigenvalue weighted by molar-refractivity contribution is 0.413. The first-order chi connectivity index (χ1) is 10.2. The van der Waals surface area contributed by atoms with E-state index >= 15 is 0 Å². The predicted molar refractivity (Wildman–Crippen MR) is 87.2 cm³/mol. The molecule has 3 aromatic rings. The fraction of sp³-hybridized carbons (Fsp3) is 0.133. The van der Waals surface area contributed by atoms with Crippen LogP contribution in [0.15, 0.2) is 36.4 Å². The molecule has 0 saturated carbocycles. The third-order valence-corrected chi connectivity index (χ3v) is 3.98. The molecule has 108 valence electrons. The van der Waals surface area contributed by atoms with Crippen molar-refractivity contribution in [1.82, 2.24) is 9.55 Å². The van der Waals surface area contributed by atoms with Crippen molar-refractivity contribution in [3.63, 3.8) is 0 Å². The lowest BCUT2D eigenvalue weighted by Gasteiger charge is -2.13. The lowest BCUT2D eigenvalue weighted by atomic mass is 10.2. The van der Waals surface area contributed by atoms with E-state index in [9.17, 15) is 0 Å². The number of alkyl halides is 1. The number of hydrogen-bond donors (Lipinski definition) is 0. The molecule has 1 aromatic heterocycles. The van der Waals surface area contributed by atoms with Crippen LogP contribution in [0.1, 0.15) is 5.82 Å². The van der Waals surface area contributed by atoms with Crippen molar-refractivity contribution in [3.8, 4) is 11.4 Å². The number of hydrogen-bond acceptors (Lipinski definition) is 2. The van der Waals surface area contributed by atoms with Gasteiger partial charge in [0.25, 0.3) is 0 Å². The number of rotatable bonds is 3. The average molecular weight is 342 g/mol. The number of halogens is 3. The third kappa shape index (κ3) is 2.46. The summed E-state index contributed by atoms with van der Waals surface area (Å²) in [5.74, 6) is 1.60. The highest BCUT2D eigenvalue weighted by Gasteiger charge is 2.17. The molecule has 0 unspecified atom stereocenters. The largest absolute Gasteiger partial charge is 0.495 e. The van der Waals surface area contributed by atoms with E-state index in [1.54, 1.807) is 25.3 Å². The van der Waals surface area contributed by atoms with Crippen molar-refractivity contribution in [1.29, 1.82) is 0 Å². The number of ether oxygens (including phenoxy) is 1. The van der Waals surface area contributed by atoms with E-state index in [-0.39, 0.29) is 5.88 Å². The molecule has 0 saturated heterocycles. The molecule has 3 nitrogen and oxygen atoms in total. The van der Waals surface area contributed by atoms with Gasteiger partial charge in [0.15, 0.2) is 0 Å². The van der Waals surface area contributed by atoms with Crippen LogP contribution in [0.3, 0.4) is 0 Å². The second kappa shape index (κ2) is 5.76. The van der Waals surface area contributed by atoms with E-state index in [4.69, 9.17) is 39.5 Å². The van der Waals surface area contributed by atoms with Gasteiger partial charge in [0.2, 0.25) is 0 Å². The first-order valence-electron chi connectivity index (χ1n) is 6.21. The molecule has 0 aliphatic carbocycles. The topological polar surface area (TPSA) is 27.1 Å². The summed E-state index contributed by atoms with van der Waals surface area (Å²) in [4.78, 5) is 4.52. The summed E-state index contributed by atoms with van der Waals surface area (Å²) in [6, 6.07) is 10.9. The second-order valence-corrected chi connectivity index (χ2v) is 5.53. The van der Waals surface area contributed by atoms with Crippen LogP contribution < -0.4 is 4.74 Å². The van der Waals surface area contributed by atoms with Crippen LogP contribution >= 0.6 is 34.8 Å². The number of imidazole rings is 1. The Kier molecular flexibility index (Phi) is 3.98. The SMILES string of the molecule is COc1ccc(Cl)cc1-n1c(CCl)nc2cccc(Cl)c21. The molecule has 0 radical (unpaired) electrons. The zero-order valence-electron chi connectivity index (χ0n) is 11.1. The summed E-state index contributed by atoms with van der Waals surface area (Å²) in [6.07, 6.45) is 0. The van der Waals surface area contributed by atoms with Crippen LogP contribution in [-0.2, 0) is 5.88 Å². The molecule has 6 heteroatoms. The maximum atomic E-state index is 6.34. The Balaban J connectivity index is 2.41. The number of para-hydroxylation sites is 1. The molecule has 2 aromatic carbocycles. The molecule has 0 N–H and O–H groups in total. The summed E-state index contributed by atoms with van der Waals surface area (Å²) in [5.41, 5.74) is 2.33. The fourth-order valence-corrected chi connectivity index (χ4v) is 2.92. The summed E-state index contributed by atoms with van der Waals surface area (Å²) in [7, 11) is 1.60. The van der Waals surface area contributed by atoms with E-state index < -0.39 is 0 Å². The predicted octanol–water partition coefficient (Wildman–Crippen LogP) is 5.08. The normalized spacial score (nSPS) is 11.0. The molecule has 0 fully saturated rings. The summed E-state index contributed by atoms with van der Waals surface area (Å²) < 4.78 is 7.30. The summed E-state index contributed by atoms with van der Waals surface area (Å²) in [5, 5.41) is 1.19. The van der Waals surface area contributed by atoms with Crippen LogP contribution in [0, 0.1) is 0 Å². The Morgan fingerprint density at radius 1 is 1.19 bits per heavy atom. The summed E-state index contributed by atoms with van der Waals surface area (Å²) >= 11 is 18.5. The average Bonchev–Trinajstić information content (AvgIpc) is 2.87. The van der Waals surface area contributed by atoms with Crippen LogP contribution in [0.4, 0.5) is 0 Å². The van der Waals surface area contributed by atoms with Crippen LogP contribution in [0.2, 0.25) is 10.0 Å². The van der Waals surface area contributed by atoms with Gasteiger partial charge in [0.05, 0.1) is 34.7 Å². The number of fused-ring (bicyclic) bond motifs is 1. The van der Waals surface area contributed by atoms with Gasteiger partial charge in [-0.15, -0.1) is 11.6 Å². The summed E-state index contributed by atoms with van der Waals surface area (Å²) in [6.45, 7) is 0. The zero-order chi connectivity index (χ0) is 15.0. The number of methoxy groups -OCH3 is 1. The van der Waals surface area contributed by atoms with Crippen molar-refractivity contribution in [2.24, 2.45) is 0 Å². The van der Waals surface area contributed by atoms with E-state index in [0.29, 0.717) is 21.6 Å². The number of benzene rings is 2. The molecule has 0 aliphatic rings. The lowest BCUT2D eigenvalue weighted by Crippen LogP contribution is -2.02. The van der Waals surface area contributed by atoms with Crippen molar-refractivity contribution >= 4 is 45.8 Å². The monoisotopic (exact) mass is 340 g/mol. The Morgan fingerprint density at radius 3 is 2.71 bits per heavy atom. The van der Waals surface area contributed by atoms with E-state index in [1.165, 1.54) is 0 Å². The van der Waals surface area contributed by atoms with Crippen molar-refractivity contribution < 1.29 is 4.74 Å². The van der Waals surface area contributed by atoms with Crippen molar-refractivity contribution in [2.45, 2.75) is 5.88 Å². The smallest absolute Gasteiger partial charge is 0.143 e. The standard InChI is InChI=1S/C15H11Cl3N2O/c1-21-13-6-5-9(17)7-12(13)20-14(8-16)19-11-4-2-3-10(18)15(11)20/h2-7H,8H2,1H3. The number of aromatic nitrogens is 2. The first kappa shape index (κ1) is 14.5. The highest BCUT2D eigenvalue weighted by Crippen LogP contribution is 2.34. The van der Waals surface area contributed by atoms with Crippen LogP contribution in [0.25, 0.3) is 16.7 Å². The minimum atomic E-state index is 0.251. The van der Waals surface area contributed by atoms with Crippen LogP contribution in [0.5, 0.6) is 5.75 Å². The van der Waals surface area contributed by atoms with Gasteiger partial charge in [-0.05, 0) is 30.3 Å². The first-order valence-corrected chi connectivity index (χ1v) is 7.50. The Morgan fingerprint density at radius 2 is 2.00 bits per heavy atom. The van der Waals surface area contributed by atoms with Crippen molar-refractivity contribution in [3.05, 3.63) is 52.3 Å². The van der Waals surface area contributed by atoms with Gasteiger partial charge in [-0.3, -0.25) is 4.57 Å². The minimum Gasteiger partial charge on any atom is -0.495 e. The maximum Gasteiger partial charge on any atom is 0.143 e. The Labute approximate surface area is 137 Å². The van der Waals surface area contributed by atoms with Gasteiger partial charge in [-0.25, -0.2) is 4.98 Å². The Bertz CT molecular complexity index is 814. The second-order valence-electron chi connectivity index (χ2n) is 4.42. The van der Waals surface area contributed by atoms with Gasteiger partial charge in [-0.1, -0.05) is 29.3 Å². The van der Waals surface area contributed by atoms with Crippen molar-refractivity contribution in [2.75, 3.05) is 7.11 Å². The minimum absolute atomic E-state index is 0.251. The fourth-order valence-electron chi connectivity index (χ4n) is 2.32.